The maximum absolute atomic E-state index is 11.7. The van der Waals surface area contributed by atoms with Crippen molar-refractivity contribution in [2.45, 2.75) is 19.8 Å². The lowest BCUT2D eigenvalue weighted by Gasteiger charge is -2.19. The fourth-order valence-corrected chi connectivity index (χ4v) is 3.61. The predicted molar refractivity (Wildman–Crippen MR) is 71.9 cm³/mol. The van der Waals surface area contributed by atoms with Crippen molar-refractivity contribution in [3.8, 4) is 5.75 Å². The third kappa shape index (κ3) is 2.57. The second-order valence-electron chi connectivity index (χ2n) is 4.00. The molecule has 6 heteroatoms. The maximum Gasteiger partial charge on any atom is 0.409 e. The van der Waals surface area contributed by atoms with E-state index in [4.69, 9.17) is 21.1 Å². The van der Waals surface area contributed by atoms with Gasteiger partial charge in [0.15, 0.2) is 5.75 Å². The van der Waals surface area contributed by atoms with Crippen molar-refractivity contribution in [2.75, 3.05) is 26.8 Å². The minimum atomic E-state index is -0.238. The molecule has 0 saturated carbocycles. The highest BCUT2D eigenvalue weighted by atomic mass is 35.5. The van der Waals surface area contributed by atoms with Crippen molar-refractivity contribution >= 4 is 29.0 Å². The van der Waals surface area contributed by atoms with Gasteiger partial charge in [0.1, 0.15) is 4.34 Å². The summed E-state index contributed by atoms with van der Waals surface area (Å²) in [6, 6.07) is 0. The minimum absolute atomic E-state index is 0.238. The van der Waals surface area contributed by atoms with Gasteiger partial charge >= 0.3 is 6.09 Å². The molecule has 0 aromatic carbocycles. The van der Waals surface area contributed by atoms with Gasteiger partial charge in [-0.15, -0.1) is 11.3 Å². The molecule has 18 heavy (non-hydrogen) atoms. The third-order valence-corrected chi connectivity index (χ3v) is 4.44. The maximum atomic E-state index is 11.7. The van der Waals surface area contributed by atoms with Crippen LogP contribution in [0.25, 0.3) is 0 Å². The van der Waals surface area contributed by atoms with Gasteiger partial charge in [0, 0.05) is 23.5 Å². The molecule has 1 aromatic rings. The summed E-state index contributed by atoms with van der Waals surface area (Å²) in [7, 11) is 1.63. The molecule has 0 N–H and O–H groups in total. The van der Waals surface area contributed by atoms with Gasteiger partial charge in [0.25, 0.3) is 0 Å². The summed E-state index contributed by atoms with van der Waals surface area (Å²) in [6.45, 7) is 3.54. The Kier molecular flexibility index (Phi) is 4.35. The van der Waals surface area contributed by atoms with E-state index >= 15 is 0 Å². The van der Waals surface area contributed by atoms with Crippen LogP contribution >= 0.6 is 22.9 Å². The van der Waals surface area contributed by atoms with Gasteiger partial charge in [-0.2, -0.15) is 0 Å². The SMILES string of the molecule is CCOC(=O)N1CCc2sc(Cl)c(OC)c2CC1. The van der Waals surface area contributed by atoms with Crippen molar-refractivity contribution in [3.63, 3.8) is 0 Å². The molecule has 1 aliphatic heterocycles. The number of fused-ring (bicyclic) bond motifs is 1. The Bertz CT molecular complexity index is 447. The van der Waals surface area contributed by atoms with Crippen molar-refractivity contribution in [1.82, 2.24) is 4.90 Å². The fourth-order valence-electron chi connectivity index (χ4n) is 2.11. The number of carbonyl (C=O) groups excluding carboxylic acids is 1. The smallest absolute Gasteiger partial charge is 0.409 e. The normalized spacial score (nSPS) is 14.9. The second-order valence-corrected chi connectivity index (χ2v) is 5.70. The van der Waals surface area contributed by atoms with E-state index in [-0.39, 0.29) is 6.09 Å². The number of nitrogens with zero attached hydrogens (tertiary/aromatic N) is 1. The summed E-state index contributed by atoms with van der Waals surface area (Å²) >= 11 is 7.67. The number of amides is 1. The Hall–Kier alpha value is -0.940. The van der Waals surface area contributed by atoms with Gasteiger partial charge in [0.05, 0.1) is 13.7 Å². The van der Waals surface area contributed by atoms with Gasteiger partial charge in [0.2, 0.25) is 0 Å². The molecule has 0 unspecified atom stereocenters. The van der Waals surface area contributed by atoms with E-state index in [1.165, 1.54) is 4.88 Å². The first-order valence-corrected chi connectivity index (χ1v) is 7.12. The molecular weight excluding hydrogens is 274 g/mol. The van der Waals surface area contributed by atoms with E-state index in [1.807, 2.05) is 6.92 Å². The Morgan fingerprint density at radius 3 is 2.83 bits per heavy atom. The zero-order valence-electron chi connectivity index (χ0n) is 10.5. The first-order chi connectivity index (χ1) is 8.67. The highest BCUT2D eigenvalue weighted by Gasteiger charge is 2.24. The van der Waals surface area contributed by atoms with Crippen LogP contribution in [0.3, 0.4) is 0 Å². The molecule has 4 nitrogen and oxygen atoms in total. The number of hydrogen-bond donors (Lipinski definition) is 0. The molecule has 1 aliphatic rings. The lowest BCUT2D eigenvalue weighted by Crippen LogP contribution is -2.33. The summed E-state index contributed by atoms with van der Waals surface area (Å²) < 4.78 is 11.1. The van der Waals surface area contributed by atoms with Crippen LogP contribution in [0.4, 0.5) is 4.79 Å². The van der Waals surface area contributed by atoms with Crippen molar-refractivity contribution < 1.29 is 14.3 Å². The van der Waals surface area contributed by atoms with Crippen LogP contribution in [0, 0.1) is 0 Å². The number of hydrogen-bond acceptors (Lipinski definition) is 4. The number of carbonyl (C=O) groups is 1. The minimum Gasteiger partial charge on any atom is -0.494 e. The summed E-state index contributed by atoms with van der Waals surface area (Å²) in [5, 5.41) is 0. The van der Waals surface area contributed by atoms with Gasteiger partial charge < -0.3 is 14.4 Å². The number of ether oxygens (including phenoxy) is 2. The van der Waals surface area contributed by atoms with Crippen LogP contribution in [0.5, 0.6) is 5.75 Å². The van der Waals surface area contributed by atoms with Crippen LogP contribution in [0.1, 0.15) is 17.4 Å². The second kappa shape index (κ2) is 5.80. The van der Waals surface area contributed by atoms with Crippen LogP contribution < -0.4 is 4.74 Å². The van der Waals surface area contributed by atoms with Crippen LogP contribution in [0.2, 0.25) is 4.34 Å². The van der Waals surface area contributed by atoms with E-state index in [2.05, 4.69) is 0 Å². The quantitative estimate of drug-likeness (QED) is 0.840. The van der Waals surface area contributed by atoms with E-state index in [0.29, 0.717) is 24.0 Å². The van der Waals surface area contributed by atoms with E-state index in [9.17, 15) is 4.79 Å². The highest BCUT2D eigenvalue weighted by Crippen LogP contribution is 2.40. The van der Waals surface area contributed by atoms with Crippen molar-refractivity contribution in [2.24, 2.45) is 0 Å². The average molecular weight is 290 g/mol. The largest absolute Gasteiger partial charge is 0.494 e. The van der Waals surface area contributed by atoms with Gasteiger partial charge in [-0.05, 0) is 19.8 Å². The molecule has 0 aliphatic carbocycles. The Balaban J connectivity index is 2.12. The molecular formula is C12H16ClNO3S. The van der Waals surface area contributed by atoms with Gasteiger partial charge in [-0.25, -0.2) is 4.79 Å². The highest BCUT2D eigenvalue weighted by molar-refractivity contribution is 7.16. The van der Waals surface area contributed by atoms with Gasteiger partial charge in [-0.3, -0.25) is 0 Å². The predicted octanol–water partition coefficient (Wildman–Crippen LogP) is 2.97. The molecule has 0 atom stereocenters. The summed E-state index contributed by atoms with van der Waals surface area (Å²) in [6.07, 6.45) is 1.33. The first kappa shape index (κ1) is 13.5. The monoisotopic (exact) mass is 289 g/mol. The van der Waals surface area contributed by atoms with Crippen LogP contribution in [-0.4, -0.2) is 37.8 Å². The molecule has 0 saturated heterocycles. The molecule has 2 heterocycles. The number of thiophene rings is 1. The zero-order chi connectivity index (χ0) is 13.1. The average Bonchev–Trinajstić information content (AvgIpc) is 2.52. The third-order valence-electron chi connectivity index (χ3n) is 2.97. The Labute approximate surface area is 115 Å². The van der Waals surface area contributed by atoms with E-state index in [1.54, 1.807) is 23.3 Å². The summed E-state index contributed by atoms with van der Waals surface area (Å²) in [4.78, 5) is 14.6. The molecule has 0 radical (unpaired) electrons. The molecule has 0 spiro atoms. The fraction of sp³-hybridized carbons (Fsp3) is 0.583. The topological polar surface area (TPSA) is 38.8 Å². The summed E-state index contributed by atoms with van der Waals surface area (Å²) in [5.74, 6) is 0.766. The van der Waals surface area contributed by atoms with Crippen LogP contribution in [0.15, 0.2) is 0 Å². The standard InChI is InChI=1S/C12H16ClNO3S/c1-3-17-12(15)14-6-4-8-9(5-7-14)18-11(13)10(8)16-2/h3-7H2,1-2H3. The van der Waals surface area contributed by atoms with Crippen LogP contribution in [-0.2, 0) is 17.6 Å². The lowest BCUT2D eigenvalue weighted by atomic mass is 10.1. The van der Waals surface area contributed by atoms with E-state index in [0.717, 1.165) is 24.2 Å². The molecule has 1 aromatic heterocycles. The van der Waals surface area contributed by atoms with Gasteiger partial charge in [-0.1, -0.05) is 11.6 Å². The number of methoxy groups -OCH3 is 1. The first-order valence-electron chi connectivity index (χ1n) is 5.93. The van der Waals surface area contributed by atoms with Crippen molar-refractivity contribution in [3.05, 3.63) is 14.8 Å². The molecule has 2 rings (SSSR count). The lowest BCUT2D eigenvalue weighted by molar-refractivity contribution is 0.109. The molecule has 100 valence electrons. The summed E-state index contributed by atoms with van der Waals surface area (Å²) in [5.41, 5.74) is 1.14. The molecule has 0 fully saturated rings. The number of halogens is 1. The Morgan fingerprint density at radius 2 is 2.17 bits per heavy atom. The Morgan fingerprint density at radius 1 is 1.44 bits per heavy atom. The zero-order valence-corrected chi connectivity index (χ0v) is 12.1. The van der Waals surface area contributed by atoms with Crippen molar-refractivity contribution in [1.29, 1.82) is 0 Å². The van der Waals surface area contributed by atoms with E-state index < -0.39 is 0 Å². The molecule has 1 amide bonds. The molecule has 0 bridgehead atoms. The number of rotatable bonds is 2.